The maximum Gasteiger partial charge on any atom is 0.182 e. The molecule has 0 amide bonds. The van der Waals surface area contributed by atoms with Gasteiger partial charge in [0, 0.05) is 42.1 Å². The molecule has 0 unspecified atom stereocenters. The second kappa shape index (κ2) is 9.64. The van der Waals surface area contributed by atoms with Gasteiger partial charge in [0.25, 0.3) is 0 Å². The zero-order valence-corrected chi connectivity index (χ0v) is 19.2. The van der Waals surface area contributed by atoms with E-state index in [4.69, 9.17) is 15.0 Å². The van der Waals surface area contributed by atoms with Crippen molar-refractivity contribution in [2.75, 3.05) is 0 Å². The summed E-state index contributed by atoms with van der Waals surface area (Å²) in [5, 5.41) is 0. The van der Waals surface area contributed by atoms with Gasteiger partial charge in [-0.15, -0.1) is 0 Å². The minimum Gasteiger partial charge on any atom is -0.265 e. The molecule has 0 aliphatic carbocycles. The SMILES string of the molecule is c1ccc(-c2nc(-c3ccc(-c4ccncc4)cc3)nc(-c3ccc(-c4ccncc4)cc3)n2)nc1. The predicted molar refractivity (Wildman–Crippen MR) is 140 cm³/mol. The lowest BCUT2D eigenvalue weighted by Gasteiger charge is -2.09. The fraction of sp³-hybridized carbons (Fsp3) is 0. The second-order valence-electron chi connectivity index (χ2n) is 8.15. The summed E-state index contributed by atoms with van der Waals surface area (Å²) in [6.45, 7) is 0. The van der Waals surface area contributed by atoms with E-state index in [9.17, 15) is 0 Å². The van der Waals surface area contributed by atoms with Gasteiger partial charge in [0.2, 0.25) is 0 Å². The number of nitrogens with zero attached hydrogens (tertiary/aromatic N) is 6. The standard InChI is InChI=1S/C30H20N6/c1-2-16-33-27(3-1)30-35-28(25-8-4-21(5-9-25)23-12-17-31-18-13-23)34-29(36-30)26-10-6-22(7-11-26)24-14-19-32-20-15-24/h1-20H. The van der Waals surface area contributed by atoms with Crippen molar-refractivity contribution in [3.63, 3.8) is 0 Å². The normalized spacial score (nSPS) is 10.8. The number of rotatable bonds is 5. The van der Waals surface area contributed by atoms with E-state index in [0.717, 1.165) is 33.4 Å². The number of hydrogen-bond acceptors (Lipinski definition) is 6. The van der Waals surface area contributed by atoms with Gasteiger partial charge in [-0.3, -0.25) is 15.0 Å². The van der Waals surface area contributed by atoms with Crippen LogP contribution >= 0.6 is 0 Å². The molecule has 170 valence electrons. The second-order valence-corrected chi connectivity index (χ2v) is 8.15. The van der Waals surface area contributed by atoms with Crippen molar-refractivity contribution in [3.8, 4) is 56.5 Å². The number of benzene rings is 2. The van der Waals surface area contributed by atoms with Gasteiger partial charge in [0.1, 0.15) is 5.69 Å². The van der Waals surface area contributed by atoms with Gasteiger partial charge in [-0.05, 0) is 58.7 Å². The Hall–Kier alpha value is -5.10. The van der Waals surface area contributed by atoms with E-state index in [1.165, 1.54) is 0 Å². The van der Waals surface area contributed by atoms with Crippen molar-refractivity contribution in [2.24, 2.45) is 0 Å². The van der Waals surface area contributed by atoms with Gasteiger partial charge < -0.3 is 0 Å². The van der Waals surface area contributed by atoms with Crippen molar-refractivity contribution >= 4 is 0 Å². The van der Waals surface area contributed by atoms with E-state index in [2.05, 4.69) is 39.2 Å². The van der Waals surface area contributed by atoms with E-state index in [-0.39, 0.29) is 0 Å². The molecule has 0 N–H and O–H groups in total. The number of hydrogen-bond donors (Lipinski definition) is 0. The van der Waals surface area contributed by atoms with Crippen LogP contribution in [0.2, 0.25) is 0 Å². The molecule has 0 aliphatic rings. The molecule has 6 rings (SSSR count). The molecule has 6 aromatic rings. The van der Waals surface area contributed by atoms with Gasteiger partial charge in [0.15, 0.2) is 17.5 Å². The summed E-state index contributed by atoms with van der Waals surface area (Å²) in [5.74, 6) is 1.73. The smallest absolute Gasteiger partial charge is 0.182 e. The van der Waals surface area contributed by atoms with Crippen LogP contribution in [0.1, 0.15) is 0 Å². The summed E-state index contributed by atoms with van der Waals surface area (Å²) < 4.78 is 0. The molecule has 0 fully saturated rings. The molecule has 0 aliphatic heterocycles. The van der Waals surface area contributed by atoms with Crippen LogP contribution in [0.25, 0.3) is 56.5 Å². The fourth-order valence-corrected chi connectivity index (χ4v) is 3.96. The third-order valence-electron chi connectivity index (χ3n) is 5.84. The monoisotopic (exact) mass is 464 g/mol. The first kappa shape index (κ1) is 21.4. The van der Waals surface area contributed by atoms with E-state index in [1.807, 2.05) is 66.7 Å². The Labute approximate surface area is 208 Å². The molecule has 4 aromatic heterocycles. The van der Waals surface area contributed by atoms with Crippen molar-refractivity contribution in [3.05, 3.63) is 122 Å². The molecule has 0 radical (unpaired) electrons. The Bertz CT molecular complexity index is 1480. The van der Waals surface area contributed by atoms with E-state index in [0.29, 0.717) is 23.2 Å². The Morgan fingerprint density at radius 3 is 1.19 bits per heavy atom. The van der Waals surface area contributed by atoms with Crippen molar-refractivity contribution < 1.29 is 0 Å². The van der Waals surface area contributed by atoms with Crippen LogP contribution in [0.4, 0.5) is 0 Å². The molecule has 0 spiro atoms. The molecule has 4 heterocycles. The van der Waals surface area contributed by atoms with Crippen molar-refractivity contribution in [1.29, 1.82) is 0 Å². The number of pyridine rings is 3. The summed E-state index contributed by atoms with van der Waals surface area (Å²) in [6.07, 6.45) is 8.91. The Morgan fingerprint density at radius 2 is 0.750 bits per heavy atom. The maximum absolute atomic E-state index is 4.83. The minimum atomic E-state index is 0.534. The average molecular weight is 465 g/mol. The average Bonchev–Trinajstić information content (AvgIpc) is 2.98. The predicted octanol–water partition coefficient (Wildman–Crippen LogP) is 6.39. The van der Waals surface area contributed by atoms with Crippen LogP contribution in [0, 0.1) is 0 Å². The largest absolute Gasteiger partial charge is 0.265 e. The van der Waals surface area contributed by atoms with Crippen LogP contribution in [-0.2, 0) is 0 Å². The highest BCUT2D eigenvalue weighted by Gasteiger charge is 2.13. The molecule has 6 nitrogen and oxygen atoms in total. The van der Waals surface area contributed by atoms with Gasteiger partial charge in [-0.25, -0.2) is 15.0 Å². The number of aromatic nitrogens is 6. The van der Waals surface area contributed by atoms with Gasteiger partial charge in [-0.2, -0.15) is 0 Å². The van der Waals surface area contributed by atoms with Gasteiger partial charge >= 0.3 is 0 Å². The van der Waals surface area contributed by atoms with E-state index < -0.39 is 0 Å². The molecular weight excluding hydrogens is 444 g/mol. The first-order valence-electron chi connectivity index (χ1n) is 11.5. The van der Waals surface area contributed by atoms with Gasteiger partial charge in [-0.1, -0.05) is 54.6 Å². The molecule has 0 atom stereocenters. The highest BCUT2D eigenvalue weighted by Crippen LogP contribution is 2.27. The fourth-order valence-electron chi connectivity index (χ4n) is 3.96. The third kappa shape index (κ3) is 4.48. The maximum atomic E-state index is 4.83. The van der Waals surface area contributed by atoms with E-state index in [1.54, 1.807) is 31.0 Å². The minimum absolute atomic E-state index is 0.534. The van der Waals surface area contributed by atoms with Crippen LogP contribution in [0.5, 0.6) is 0 Å². The Kier molecular flexibility index (Phi) is 5.74. The molecule has 36 heavy (non-hydrogen) atoms. The summed E-state index contributed by atoms with van der Waals surface area (Å²) in [6, 6.07) is 30.1. The van der Waals surface area contributed by atoms with E-state index >= 15 is 0 Å². The zero-order chi connectivity index (χ0) is 24.2. The quantitative estimate of drug-likeness (QED) is 0.294. The topological polar surface area (TPSA) is 77.3 Å². The first-order valence-corrected chi connectivity index (χ1v) is 11.5. The Morgan fingerprint density at radius 1 is 0.333 bits per heavy atom. The lowest BCUT2D eigenvalue weighted by atomic mass is 10.0. The molecular formula is C30H20N6. The van der Waals surface area contributed by atoms with Crippen LogP contribution in [0.15, 0.2) is 122 Å². The molecule has 6 heteroatoms. The Balaban J connectivity index is 1.41. The van der Waals surface area contributed by atoms with Crippen LogP contribution in [-0.4, -0.2) is 29.9 Å². The summed E-state index contributed by atoms with van der Waals surface area (Å²) in [7, 11) is 0. The molecule has 2 aromatic carbocycles. The summed E-state index contributed by atoms with van der Waals surface area (Å²) in [5.41, 5.74) is 6.93. The van der Waals surface area contributed by atoms with Crippen LogP contribution < -0.4 is 0 Å². The lowest BCUT2D eigenvalue weighted by molar-refractivity contribution is 1.06. The van der Waals surface area contributed by atoms with Crippen molar-refractivity contribution in [2.45, 2.75) is 0 Å². The zero-order valence-electron chi connectivity index (χ0n) is 19.2. The van der Waals surface area contributed by atoms with Gasteiger partial charge in [0.05, 0.1) is 0 Å². The summed E-state index contributed by atoms with van der Waals surface area (Å²) in [4.78, 5) is 27.0. The molecule has 0 saturated heterocycles. The highest BCUT2D eigenvalue weighted by atomic mass is 15.0. The van der Waals surface area contributed by atoms with Crippen molar-refractivity contribution in [1.82, 2.24) is 29.9 Å². The third-order valence-corrected chi connectivity index (χ3v) is 5.84. The van der Waals surface area contributed by atoms with Crippen LogP contribution in [0.3, 0.4) is 0 Å². The molecule has 0 bridgehead atoms. The summed E-state index contributed by atoms with van der Waals surface area (Å²) >= 11 is 0. The molecule has 0 saturated carbocycles. The highest BCUT2D eigenvalue weighted by molar-refractivity contribution is 5.71. The first-order chi connectivity index (χ1) is 17.8. The lowest BCUT2D eigenvalue weighted by Crippen LogP contribution is -2.01.